The summed E-state index contributed by atoms with van der Waals surface area (Å²) in [6, 6.07) is 10.4. The average Bonchev–Trinajstić information content (AvgIpc) is 2.96. The Morgan fingerprint density at radius 1 is 1.17 bits per heavy atom. The van der Waals surface area contributed by atoms with Gasteiger partial charge >= 0.3 is 0 Å². The molecule has 1 atom stereocenters. The SMILES string of the molecule is CC(Nc1ccc2c(c1)COC2)c1ccc(Br)o1. The van der Waals surface area contributed by atoms with Crippen molar-refractivity contribution in [2.75, 3.05) is 5.32 Å². The molecule has 0 spiro atoms. The summed E-state index contributed by atoms with van der Waals surface area (Å²) in [6.07, 6.45) is 0. The minimum atomic E-state index is 0.136. The molecule has 0 radical (unpaired) electrons. The number of halogens is 1. The van der Waals surface area contributed by atoms with Crippen molar-refractivity contribution in [2.45, 2.75) is 26.2 Å². The zero-order valence-electron chi connectivity index (χ0n) is 10.1. The van der Waals surface area contributed by atoms with E-state index < -0.39 is 0 Å². The van der Waals surface area contributed by atoms with Gasteiger partial charge in [0.15, 0.2) is 4.67 Å². The van der Waals surface area contributed by atoms with Gasteiger partial charge in [-0.1, -0.05) is 6.07 Å². The van der Waals surface area contributed by atoms with Crippen molar-refractivity contribution in [1.82, 2.24) is 0 Å². The lowest BCUT2D eigenvalue weighted by molar-refractivity contribution is 0.134. The van der Waals surface area contributed by atoms with E-state index >= 15 is 0 Å². The molecule has 0 aliphatic carbocycles. The van der Waals surface area contributed by atoms with E-state index in [4.69, 9.17) is 9.15 Å². The van der Waals surface area contributed by atoms with E-state index in [1.165, 1.54) is 11.1 Å². The summed E-state index contributed by atoms with van der Waals surface area (Å²) in [6.45, 7) is 3.52. The van der Waals surface area contributed by atoms with Crippen LogP contribution in [0.2, 0.25) is 0 Å². The molecule has 2 aromatic rings. The first-order valence-corrected chi connectivity index (χ1v) is 6.73. The van der Waals surface area contributed by atoms with E-state index in [1.807, 2.05) is 12.1 Å². The normalized spacial score (nSPS) is 15.4. The van der Waals surface area contributed by atoms with Gasteiger partial charge in [-0.2, -0.15) is 0 Å². The number of anilines is 1. The van der Waals surface area contributed by atoms with Gasteiger partial charge in [-0.15, -0.1) is 0 Å². The smallest absolute Gasteiger partial charge is 0.169 e. The summed E-state index contributed by atoms with van der Waals surface area (Å²) in [7, 11) is 0. The predicted octanol–water partition coefficient (Wildman–Crippen LogP) is 4.25. The van der Waals surface area contributed by atoms with Crippen LogP contribution in [0.1, 0.15) is 29.9 Å². The molecule has 3 rings (SSSR count). The Hall–Kier alpha value is -1.26. The molecule has 0 fully saturated rings. The van der Waals surface area contributed by atoms with Crippen molar-refractivity contribution in [1.29, 1.82) is 0 Å². The molecule has 1 aromatic carbocycles. The van der Waals surface area contributed by atoms with Crippen LogP contribution in [0.3, 0.4) is 0 Å². The second kappa shape index (κ2) is 4.78. The Bertz CT molecular complexity index is 565. The van der Waals surface area contributed by atoms with Gasteiger partial charge in [-0.05, 0) is 58.2 Å². The number of benzene rings is 1. The third kappa shape index (κ3) is 2.31. The summed E-state index contributed by atoms with van der Waals surface area (Å²) < 4.78 is 11.7. The van der Waals surface area contributed by atoms with Crippen molar-refractivity contribution in [3.05, 3.63) is 51.9 Å². The van der Waals surface area contributed by atoms with Crippen LogP contribution in [-0.2, 0) is 18.0 Å². The highest BCUT2D eigenvalue weighted by Gasteiger charge is 2.13. The van der Waals surface area contributed by atoms with Gasteiger partial charge in [0, 0.05) is 5.69 Å². The molecule has 3 nitrogen and oxygen atoms in total. The number of furan rings is 1. The molecule has 0 bridgehead atoms. The second-order valence-electron chi connectivity index (χ2n) is 4.48. The largest absolute Gasteiger partial charge is 0.452 e. The molecule has 94 valence electrons. The van der Waals surface area contributed by atoms with Gasteiger partial charge in [0.1, 0.15) is 5.76 Å². The number of hydrogen-bond donors (Lipinski definition) is 1. The summed E-state index contributed by atoms with van der Waals surface area (Å²) in [5.41, 5.74) is 3.65. The molecule has 1 aliphatic heterocycles. The summed E-state index contributed by atoms with van der Waals surface area (Å²) >= 11 is 3.32. The maximum Gasteiger partial charge on any atom is 0.169 e. The van der Waals surface area contributed by atoms with Gasteiger partial charge in [0.05, 0.1) is 19.3 Å². The second-order valence-corrected chi connectivity index (χ2v) is 5.27. The Balaban J connectivity index is 1.76. The molecule has 1 unspecified atom stereocenters. The van der Waals surface area contributed by atoms with Gasteiger partial charge in [0.2, 0.25) is 0 Å². The zero-order valence-corrected chi connectivity index (χ0v) is 11.7. The first-order chi connectivity index (χ1) is 8.72. The number of hydrogen-bond acceptors (Lipinski definition) is 3. The molecular weight excluding hydrogens is 294 g/mol. The zero-order chi connectivity index (χ0) is 12.5. The third-order valence-electron chi connectivity index (χ3n) is 3.13. The highest BCUT2D eigenvalue weighted by Crippen LogP contribution is 2.27. The number of ether oxygens (including phenoxy) is 1. The van der Waals surface area contributed by atoms with Gasteiger partial charge in [-0.3, -0.25) is 0 Å². The lowest BCUT2D eigenvalue weighted by Gasteiger charge is -2.13. The fourth-order valence-electron chi connectivity index (χ4n) is 2.14. The monoisotopic (exact) mass is 307 g/mol. The average molecular weight is 308 g/mol. The van der Waals surface area contributed by atoms with E-state index in [0.717, 1.165) is 22.7 Å². The van der Waals surface area contributed by atoms with Gasteiger partial charge < -0.3 is 14.5 Å². The molecule has 2 heterocycles. The standard InChI is InChI=1S/C14H14BrNO2/c1-9(13-4-5-14(15)18-13)16-12-3-2-10-7-17-8-11(10)6-12/h2-6,9,16H,7-8H2,1H3. The molecule has 1 aliphatic rings. The van der Waals surface area contributed by atoms with Crippen molar-refractivity contribution in [2.24, 2.45) is 0 Å². The number of fused-ring (bicyclic) bond motifs is 1. The van der Waals surface area contributed by atoms with Crippen molar-refractivity contribution in [3.8, 4) is 0 Å². The molecular formula is C14H14BrNO2. The summed E-state index contributed by atoms with van der Waals surface area (Å²) in [5.74, 6) is 0.915. The van der Waals surface area contributed by atoms with Crippen LogP contribution in [0.25, 0.3) is 0 Å². The Morgan fingerprint density at radius 2 is 2.00 bits per heavy atom. The van der Waals surface area contributed by atoms with Crippen LogP contribution in [0.5, 0.6) is 0 Å². The van der Waals surface area contributed by atoms with Crippen LogP contribution >= 0.6 is 15.9 Å². The first kappa shape index (κ1) is 11.8. The van der Waals surface area contributed by atoms with Crippen LogP contribution in [-0.4, -0.2) is 0 Å². The maximum absolute atomic E-state index is 5.54. The first-order valence-electron chi connectivity index (χ1n) is 5.94. The maximum atomic E-state index is 5.54. The minimum absolute atomic E-state index is 0.136. The Labute approximate surface area is 114 Å². The van der Waals surface area contributed by atoms with E-state index in [2.05, 4.69) is 46.4 Å². The number of rotatable bonds is 3. The van der Waals surface area contributed by atoms with Gasteiger partial charge in [0.25, 0.3) is 0 Å². The summed E-state index contributed by atoms with van der Waals surface area (Å²) in [5, 5.41) is 3.43. The lowest BCUT2D eigenvalue weighted by Crippen LogP contribution is -2.05. The van der Waals surface area contributed by atoms with E-state index in [1.54, 1.807) is 0 Å². The van der Waals surface area contributed by atoms with Crippen LogP contribution in [0, 0.1) is 0 Å². The van der Waals surface area contributed by atoms with Crippen LogP contribution in [0.4, 0.5) is 5.69 Å². The molecule has 0 saturated carbocycles. The third-order valence-corrected chi connectivity index (χ3v) is 3.55. The molecule has 4 heteroatoms. The molecule has 1 aromatic heterocycles. The van der Waals surface area contributed by atoms with E-state index in [-0.39, 0.29) is 6.04 Å². The van der Waals surface area contributed by atoms with Gasteiger partial charge in [-0.25, -0.2) is 0 Å². The number of nitrogens with one attached hydrogen (secondary N) is 1. The highest BCUT2D eigenvalue weighted by molar-refractivity contribution is 9.10. The quantitative estimate of drug-likeness (QED) is 0.920. The fourth-order valence-corrected chi connectivity index (χ4v) is 2.46. The van der Waals surface area contributed by atoms with E-state index in [9.17, 15) is 0 Å². The minimum Gasteiger partial charge on any atom is -0.452 e. The highest BCUT2D eigenvalue weighted by atomic mass is 79.9. The lowest BCUT2D eigenvalue weighted by atomic mass is 10.1. The predicted molar refractivity (Wildman–Crippen MR) is 73.4 cm³/mol. The fraction of sp³-hybridized carbons (Fsp3) is 0.286. The topological polar surface area (TPSA) is 34.4 Å². The molecule has 18 heavy (non-hydrogen) atoms. The van der Waals surface area contributed by atoms with Crippen LogP contribution in [0.15, 0.2) is 39.4 Å². The Kier molecular flexibility index (Phi) is 3.14. The Morgan fingerprint density at radius 3 is 2.78 bits per heavy atom. The molecule has 0 saturated heterocycles. The van der Waals surface area contributed by atoms with Crippen molar-refractivity contribution in [3.63, 3.8) is 0 Å². The van der Waals surface area contributed by atoms with Crippen molar-refractivity contribution < 1.29 is 9.15 Å². The van der Waals surface area contributed by atoms with Crippen LogP contribution < -0.4 is 5.32 Å². The summed E-state index contributed by atoms with van der Waals surface area (Å²) in [4.78, 5) is 0. The molecule has 0 amide bonds. The molecule has 1 N–H and O–H groups in total. The van der Waals surface area contributed by atoms with E-state index in [0.29, 0.717) is 6.61 Å². The van der Waals surface area contributed by atoms with Crippen molar-refractivity contribution >= 4 is 21.6 Å².